The van der Waals surface area contributed by atoms with E-state index < -0.39 is 23.3 Å². The maximum Gasteiger partial charge on any atom is 0.224 e. The fourth-order valence-corrected chi connectivity index (χ4v) is 5.87. The summed E-state index contributed by atoms with van der Waals surface area (Å²) in [5.41, 5.74) is 0.117. The Hall–Kier alpha value is -2.44. The number of aromatic nitrogens is 4. The average Bonchev–Trinajstić information content (AvgIpc) is 3.34. The third-order valence-corrected chi connectivity index (χ3v) is 7.78. The lowest BCUT2D eigenvalue weighted by atomic mass is 9.87. The average molecular weight is 517 g/mol. The van der Waals surface area contributed by atoms with Crippen LogP contribution in [-0.2, 0) is 4.74 Å². The monoisotopic (exact) mass is 516 g/mol. The number of thiazole rings is 1. The van der Waals surface area contributed by atoms with Gasteiger partial charge in [0.25, 0.3) is 0 Å². The van der Waals surface area contributed by atoms with Crippen LogP contribution in [0.4, 0.5) is 11.8 Å². The number of pyridine rings is 1. The second kappa shape index (κ2) is 10.1. The molecule has 3 heterocycles. The molecular formula is C25H36N6O4S. The number of ether oxygens (including phenoxy) is 1. The molecule has 1 aliphatic rings. The van der Waals surface area contributed by atoms with Crippen LogP contribution in [0.5, 0.6) is 0 Å². The highest BCUT2D eigenvalue weighted by atomic mass is 32.1. The molecule has 0 unspecified atom stereocenters. The Bertz CT molecular complexity index is 1230. The van der Waals surface area contributed by atoms with Crippen molar-refractivity contribution < 1.29 is 20.1 Å². The summed E-state index contributed by atoms with van der Waals surface area (Å²) < 4.78 is 6.58. The zero-order valence-electron chi connectivity index (χ0n) is 21.7. The first-order chi connectivity index (χ1) is 16.9. The molecule has 0 bridgehead atoms. The smallest absolute Gasteiger partial charge is 0.224 e. The molecule has 3 aromatic heterocycles. The maximum atomic E-state index is 11.5. The molecule has 0 amide bonds. The molecule has 1 aliphatic carbocycles. The maximum absolute atomic E-state index is 11.5. The van der Waals surface area contributed by atoms with Gasteiger partial charge >= 0.3 is 0 Å². The number of hydrogen-bond donors (Lipinski definition) is 5. The predicted molar refractivity (Wildman–Crippen MR) is 141 cm³/mol. The van der Waals surface area contributed by atoms with Crippen LogP contribution in [0, 0.1) is 19.8 Å². The van der Waals surface area contributed by atoms with E-state index in [-0.39, 0.29) is 12.5 Å². The summed E-state index contributed by atoms with van der Waals surface area (Å²) in [6.45, 7) is 12.1. The molecule has 4 atom stereocenters. The van der Waals surface area contributed by atoms with Gasteiger partial charge in [-0.25, -0.2) is 9.97 Å². The fourth-order valence-electron chi connectivity index (χ4n) is 4.76. The molecule has 3 aromatic rings. The zero-order valence-corrected chi connectivity index (χ0v) is 22.5. The minimum atomic E-state index is -1.68. The molecule has 1 saturated carbocycles. The number of nitrogens with one attached hydrogen (secondary N) is 2. The number of fused-ring (bicyclic) bond motifs is 1. The second-order valence-electron chi connectivity index (χ2n) is 10.1. The first-order valence-electron chi connectivity index (χ1n) is 12.3. The minimum absolute atomic E-state index is 0.0388. The highest BCUT2D eigenvalue weighted by Gasteiger charge is 2.52. The van der Waals surface area contributed by atoms with Crippen LogP contribution in [0.2, 0.25) is 0 Å². The summed E-state index contributed by atoms with van der Waals surface area (Å²) in [5, 5.41) is 40.0. The number of rotatable bonds is 9. The molecule has 5 N–H and O–H groups in total. The minimum Gasteiger partial charge on any atom is -0.390 e. The number of aliphatic hydroxyl groups excluding tert-OH is 1. The molecule has 0 saturated heterocycles. The van der Waals surface area contributed by atoms with Crippen molar-refractivity contribution in [1.29, 1.82) is 0 Å². The van der Waals surface area contributed by atoms with E-state index in [1.165, 1.54) is 11.3 Å². The Labute approximate surface area is 215 Å². The van der Waals surface area contributed by atoms with Crippen LogP contribution >= 0.6 is 11.3 Å². The molecule has 11 heteroatoms. The van der Waals surface area contributed by atoms with Gasteiger partial charge in [0, 0.05) is 25.3 Å². The molecule has 0 radical (unpaired) electrons. The molecule has 196 valence electrons. The molecule has 4 rings (SSSR count). The lowest BCUT2D eigenvalue weighted by Gasteiger charge is -2.34. The molecule has 0 aromatic carbocycles. The topological polar surface area (TPSA) is 146 Å². The van der Waals surface area contributed by atoms with Crippen molar-refractivity contribution >= 4 is 33.3 Å². The van der Waals surface area contributed by atoms with E-state index in [9.17, 15) is 15.3 Å². The lowest BCUT2D eigenvalue weighted by molar-refractivity contribution is -0.0926. The highest BCUT2D eigenvalue weighted by molar-refractivity contribution is 7.21. The zero-order chi connectivity index (χ0) is 26.3. The summed E-state index contributed by atoms with van der Waals surface area (Å²) in [6, 6.07) is 1.92. The quantitative estimate of drug-likeness (QED) is 0.269. The van der Waals surface area contributed by atoms with Crippen molar-refractivity contribution in [2.75, 3.05) is 23.8 Å². The third kappa shape index (κ3) is 5.30. The van der Waals surface area contributed by atoms with Gasteiger partial charge in [0.05, 0.1) is 33.4 Å². The van der Waals surface area contributed by atoms with Gasteiger partial charge in [-0.15, -0.1) is 11.3 Å². The van der Waals surface area contributed by atoms with Crippen LogP contribution in [0.1, 0.15) is 51.9 Å². The van der Waals surface area contributed by atoms with E-state index >= 15 is 0 Å². The van der Waals surface area contributed by atoms with Gasteiger partial charge < -0.3 is 30.7 Å². The van der Waals surface area contributed by atoms with E-state index in [2.05, 4.69) is 20.6 Å². The number of hydrogen-bond acceptors (Lipinski definition) is 11. The summed E-state index contributed by atoms with van der Waals surface area (Å²) >= 11 is 1.49. The summed E-state index contributed by atoms with van der Waals surface area (Å²) in [6.07, 6.45) is 1.22. The van der Waals surface area contributed by atoms with Gasteiger partial charge in [-0.05, 0) is 60.5 Å². The van der Waals surface area contributed by atoms with Gasteiger partial charge in [0.15, 0.2) is 5.72 Å². The molecule has 0 spiro atoms. The van der Waals surface area contributed by atoms with Crippen LogP contribution in [-0.4, -0.2) is 71.9 Å². The molecular weight excluding hydrogens is 480 g/mol. The number of aryl methyl sites for hydroxylation is 2. The van der Waals surface area contributed by atoms with Gasteiger partial charge in [0.2, 0.25) is 5.95 Å². The molecule has 36 heavy (non-hydrogen) atoms. The van der Waals surface area contributed by atoms with Crippen molar-refractivity contribution in [1.82, 2.24) is 19.9 Å². The molecule has 10 nitrogen and oxygen atoms in total. The summed E-state index contributed by atoms with van der Waals surface area (Å²) in [5.74, 6) is 0.235. The standard InChI is InChI=1S/C25H36N6O4S/c1-7-35-13(2)12-27-23-28-14(3)18(22-29-19-15(4)26-11-9-17(19)36-22)21(30-23)31-25(34)10-8-16(20(25)32)24(5,6)33/h9,11,13,16,20,32-34H,7-8,10,12H2,1-6H3,(H2,27,28,30,31)/t13-,16+,20-,25+/m1/s1. The van der Waals surface area contributed by atoms with Crippen molar-refractivity contribution in [3.63, 3.8) is 0 Å². The van der Waals surface area contributed by atoms with Crippen molar-refractivity contribution in [2.45, 2.75) is 77.9 Å². The van der Waals surface area contributed by atoms with E-state index in [0.717, 1.165) is 15.9 Å². The second-order valence-corrected chi connectivity index (χ2v) is 11.1. The third-order valence-electron chi connectivity index (χ3n) is 6.74. The van der Waals surface area contributed by atoms with Gasteiger partial charge in [0.1, 0.15) is 22.4 Å². The first-order valence-corrected chi connectivity index (χ1v) is 13.1. The first kappa shape index (κ1) is 26.6. The van der Waals surface area contributed by atoms with E-state index in [1.807, 2.05) is 33.8 Å². The SMILES string of the molecule is CCO[C@H](C)CNc1nc(C)c(-c2nc3c(C)nccc3s2)c(N[C@]2(O)CC[C@H](C(C)(C)O)[C@H]2O)n1. The Balaban J connectivity index is 1.76. The van der Waals surface area contributed by atoms with Gasteiger partial charge in [-0.3, -0.25) is 4.98 Å². The Morgan fingerprint density at radius 2 is 2.00 bits per heavy atom. The summed E-state index contributed by atoms with van der Waals surface area (Å²) in [7, 11) is 0. The normalized spacial score (nSPS) is 23.2. The largest absolute Gasteiger partial charge is 0.390 e. The Morgan fingerprint density at radius 3 is 2.64 bits per heavy atom. The van der Waals surface area contributed by atoms with Crippen molar-refractivity contribution in [3.8, 4) is 10.6 Å². The summed E-state index contributed by atoms with van der Waals surface area (Å²) in [4.78, 5) is 18.5. The number of aliphatic hydroxyl groups is 3. The van der Waals surface area contributed by atoms with Crippen LogP contribution in [0.25, 0.3) is 20.8 Å². The van der Waals surface area contributed by atoms with Crippen molar-refractivity contribution in [2.24, 2.45) is 5.92 Å². The van der Waals surface area contributed by atoms with Crippen LogP contribution < -0.4 is 10.6 Å². The molecule has 1 fully saturated rings. The van der Waals surface area contributed by atoms with Crippen LogP contribution in [0.3, 0.4) is 0 Å². The fraction of sp³-hybridized carbons (Fsp3) is 0.600. The van der Waals surface area contributed by atoms with Gasteiger partial charge in [-0.2, -0.15) is 4.98 Å². The van der Waals surface area contributed by atoms with E-state index in [1.54, 1.807) is 20.0 Å². The Morgan fingerprint density at radius 1 is 1.25 bits per heavy atom. The van der Waals surface area contributed by atoms with E-state index in [4.69, 9.17) is 14.7 Å². The Kier molecular flexibility index (Phi) is 7.50. The van der Waals surface area contributed by atoms with Crippen molar-refractivity contribution in [3.05, 3.63) is 23.7 Å². The van der Waals surface area contributed by atoms with Gasteiger partial charge in [-0.1, -0.05) is 0 Å². The van der Waals surface area contributed by atoms with E-state index in [0.29, 0.717) is 47.6 Å². The number of anilines is 2. The highest BCUT2D eigenvalue weighted by Crippen LogP contribution is 2.43. The molecule has 0 aliphatic heterocycles. The number of nitrogens with zero attached hydrogens (tertiary/aromatic N) is 4. The lowest BCUT2D eigenvalue weighted by Crippen LogP contribution is -2.51. The predicted octanol–water partition coefficient (Wildman–Crippen LogP) is 3.24. The van der Waals surface area contributed by atoms with Crippen LogP contribution in [0.15, 0.2) is 12.3 Å².